The molecule has 25 heavy (non-hydrogen) atoms. The summed E-state index contributed by atoms with van der Waals surface area (Å²) < 4.78 is 8.73. The fraction of sp³-hybridized carbons (Fsp3) is 0.615. The molecule has 3 rings (SSSR count). The first-order chi connectivity index (χ1) is 12.1. The number of nitrogens with zero attached hydrogens (tertiary/aromatic N) is 8. The summed E-state index contributed by atoms with van der Waals surface area (Å²) in [6.07, 6.45) is 1.86. The molecule has 1 amide bonds. The van der Waals surface area contributed by atoms with Crippen LogP contribution >= 0.6 is 0 Å². The molecule has 0 aromatic carbocycles. The van der Waals surface area contributed by atoms with E-state index in [0.717, 1.165) is 11.6 Å². The Labute approximate surface area is 143 Å². The van der Waals surface area contributed by atoms with Crippen molar-refractivity contribution in [3.05, 3.63) is 18.0 Å². The number of aromatic nitrogens is 7. The first-order valence-corrected chi connectivity index (χ1v) is 7.58. The summed E-state index contributed by atoms with van der Waals surface area (Å²) in [6.45, 7) is 3.79. The van der Waals surface area contributed by atoms with Gasteiger partial charge in [-0.05, 0) is 17.4 Å². The van der Waals surface area contributed by atoms with E-state index in [1.807, 2.05) is 6.92 Å². The summed E-state index contributed by atoms with van der Waals surface area (Å²) in [4.78, 5) is 22.5. The van der Waals surface area contributed by atoms with Crippen molar-refractivity contribution in [3.63, 3.8) is 0 Å². The van der Waals surface area contributed by atoms with Crippen LogP contribution in [0, 0.1) is 0 Å². The number of ether oxygens (including phenoxy) is 1. The Morgan fingerprint density at radius 3 is 2.88 bits per heavy atom. The van der Waals surface area contributed by atoms with Gasteiger partial charge in [-0.3, -0.25) is 9.59 Å². The average molecular weight is 352 g/mol. The number of hydrogen-bond acceptors (Lipinski definition) is 8. The molecule has 1 aliphatic heterocycles. The van der Waals surface area contributed by atoms with Gasteiger partial charge in [-0.15, -0.1) is 15.3 Å². The molecule has 0 aliphatic carbocycles. The summed E-state index contributed by atoms with van der Waals surface area (Å²) in [6, 6.07) is 0.126. The molecule has 1 aliphatic rings. The molecule has 0 saturated heterocycles. The van der Waals surface area contributed by atoms with E-state index in [4.69, 9.17) is 14.6 Å². The molecule has 12 heteroatoms. The minimum Gasteiger partial charge on any atom is -0.483 e. The molecule has 3 heterocycles. The van der Waals surface area contributed by atoms with Crippen LogP contribution in [-0.2, 0) is 34.0 Å². The minimum absolute atomic E-state index is 0.0601. The predicted octanol–water partition coefficient (Wildman–Crippen LogP) is -0.895. The van der Waals surface area contributed by atoms with E-state index in [2.05, 4.69) is 30.3 Å². The molecular weight excluding hydrogens is 332 g/mol. The largest absolute Gasteiger partial charge is 0.483 e. The van der Waals surface area contributed by atoms with Gasteiger partial charge >= 0.3 is 0 Å². The number of methoxy groups -OCH3 is 1. The van der Waals surface area contributed by atoms with Crippen molar-refractivity contribution >= 4 is 12.4 Å². The smallest absolute Gasteiger partial charge is 0.290 e. The fourth-order valence-corrected chi connectivity index (χ4v) is 2.68. The lowest BCUT2D eigenvalue weighted by Gasteiger charge is -2.32. The lowest BCUT2D eigenvalue weighted by molar-refractivity contribution is -0.133. The highest BCUT2D eigenvalue weighted by Gasteiger charge is 2.28. The number of amides is 1. The molecule has 0 unspecified atom stereocenters. The number of carboxylic acid groups (broad SMARTS) is 1. The molecule has 0 saturated carbocycles. The quantitative estimate of drug-likeness (QED) is 0.678. The molecule has 1 N–H and O–H groups in total. The van der Waals surface area contributed by atoms with Gasteiger partial charge in [-0.1, -0.05) is 0 Å². The van der Waals surface area contributed by atoms with Gasteiger partial charge in [0.25, 0.3) is 6.47 Å². The second-order valence-electron chi connectivity index (χ2n) is 5.39. The second kappa shape index (κ2) is 8.82. The normalized spacial score (nSPS) is 15.9. The van der Waals surface area contributed by atoms with Crippen molar-refractivity contribution in [2.45, 2.75) is 39.1 Å². The summed E-state index contributed by atoms with van der Waals surface area (Å²) in [5, 5.41) is 26.0. The van der Waals surface area contributed by atoms with E-state index >= 15 is 0 Å². The molecule has 12 nitrogen and oxygen atoms in total. The van der Waals surface area contributed by atoms with E-state index in [-0.39, 0.29) is 18.4 Å². The molecule has 0 bridgehead atoms. The first-order valence-electron chi connectivity index (χ1n) is 7.58. The van der Waals surface area contributed by atoms with Crippen LogP contribution in [0.2, 0.25) is 0 Å². The highest BCUT2D eigenvalue weighted by molar-refractivity contribution is 5.76. The van der Waals surface area contributed by atoms with E-state index in [1.165, 1.54) is 6.33 Å². The molecule has 0 fully saturated rings. The Balaban J connectivity index is 0.000000701. The SMILES string of the molecule is COCc1nnc2n1[C@@H](C)CN(C(=O)CCn1cnnn1)C2.O=CO. The predicted molar refractivity (Wildman–Crippen MR) is 82.0 cm³/mol. The van der Waals surface area contributed by atoms with E-state index in [9.17, 15) is 4.79 Å². The summed E-state index contributed by atoms with van der Waals surface area (Å²) in [7, 11) is 1.63. The van der Waals surface area contributed by atoms with Crippen LogP contribution in [-0.4, -0.2) is 71.0 Å². The van der Waals surface area contributed by atoms with Crippen LogP contribution in [0.15, 0.2) is 6.33 Å². The van der Waals surface area contributed by atoms with Crippen LogP contribution in [0.3, 0.4) is 0 Å². The Hall–Kier alpha value is -2.89. The Bertz CT molecular complexity index is 686. The van der Waals surface area contributed by atoms with Gasteiger partial charge in [-0.25, -0.2) is 4.68 Å². The van der Waals surface area contributed by atoms with Gasteiger partial charge in [-0.2, -0.15) is 0 Å². The first kappa shape index (κ1) is 18.4. The third-order valence-corrected chi connectivity index (χ3v) is 3.67. The maximum Gasteiger partial charge on any atom is 0.290 e. The van der Waals surface area contributed by atoms with Crippen LogP contribution in [0.25, 0.3) is 0 Å². The molecule has 0 radical (unpaired) electrons. The zero-order chi connectivity index (χ0) is 18.2. The Kier molecular flexibility index (Phi) is 6.51. The van der Waals surface area contributed by atoms with E-state index in [1.54, 1.807) is 16.7 Å². The molecule has 2 aromatic rings. The number of tetrazole rings is 1. The van der Waals surface area contributed by atoms with E-state index < -0.39 is 0 Å². The maximum atomic E-state index is 12.3. The summed E-state index contributed by atoms with van der Waals surface area (Å²) in [5.74, 6) is 1.65. The summed E-state index contributed by atoms with van der Waals surface area (Å²) >= 11 is 0. The number of aryl methyl sites for hydroxylation is 1. The van der Waals surface area contributed by atoms with Crippen LogP contribution in [0.5, 0.6) is 0 Å². The lowest BCUT2D eigenvalue weighted by Crippen LogP contribution is -2.41. The highest BCUT2D eigenvalue weighted by Crippen LogP contribution is 2.22. The number of hydrogen-bond donors (Lipinski definition) is 1. The van der Waals surface area contributed by atoms with Crippen LogP contribution in [0.1, 0.15) is 31.0 Å². The topological polar surface area (TPSA) is 141 Å². The van der Waals surface area contributed by atoms with Crippen molar-refractivity contribution in [1.29, 1.82) is 0 Å². The zero-order valence-electron chi connectivity index (χ0n) is 14.0. The molecule has 136 valence electrons. The van der Waals surface area contributed by atoms with Gasteiger partial charge in [0.15, 0.2) is 11.6 Å². The molecular formula is C13H20N8O4. The average Bonchev–Trinajstić information content (AvgIpc) is 3.24. The maximum absolute atomic E-state index is 12.3. The fourth-order valence-electron chi connectivity index (χ4n) is 2.68. The Morgan fingerprint density at radius 1 is 1.48 bits per heavy atom. The third kappa shape index (κ3) is 4.56. The van der Waals surface area contributed by atoms with Gasteiger partial charge in [0, 0.05) is 20.1 Å². The van der Waals surface area contributed by atoms with Gasteiger partial charge < -0.3 is 19.3 Å². The van der Waals surface area contributed by atoms with Gasteiger partial charge in [0.1, 0.15) is 12.9 Å². The van der Waals surface area contributed by atoms with Crippen molar-refractivity contribution < 1.29 is 19.4 Å². The van der Waals surface area contributed by atoms with Crippen molar-refractivity contribution in [3.8, 4) is 0 Å². The van der Waals surface area contributed by atoms with Gasteiger partial charge in [0.05, 0.1) is 19.1 Å². The standard InChI is InChI=1S/C12H18N8O2.CH2O2/c1-9-5-18(12(21)3-4-19-8-13-16-17-19)6-10-14-15-11(7-22-2)20(9)10;2-1-3/h8-9H,3-7H2,1-2H3;1H,(H,2,3)/t9-;/m0./s1. The van der Waals surface area contributed by atoms with Crippen molar-refractivity contribution in [2.24, 2.45) is 0 Å². The number of carbonyl (C=O) groups excluding carboxylic acids is 1. The van der Waals surface area contributed by atoms with Gasteiger partial charge in [0.2, 0.25) is 5.91 Å². The van der Waals surface area contributed by atoms with Crippen molar-refractivity contribution in [1.82, 2.24) is 39.9 Å². The monoisotopic (exact) mass is 352 g/mol. The molecule has 0 spiro atoms. The number of carbonyl (C=O) groups is 2. The number of rotatable bonds is 5. The molecule has 1 atom stereocenters. The van der Waals surface area contributed by atoms with Crippen molar-refractivity contribution in [2.75, 3.05) is 13.7 Å². The summed E-state index contributed by atoms with van der Waals surface area (Å²) in [5.41, 5.74) is 0. The van der Waals surface area contributed by atoms with Crippen LogP contribution < -0.4 is 0 Å². The Morgan fingerprint density at radius 2 is 2.24 bits per heavy atom. The van der Waals surface area contributed by atoms with Crippen LogP contribution in [0.4, 0.5) is 0 Å². The highest BCUT2D eigenvalue weighted by atomic mass is 16.5. The third-order valence-electron chi connectivity index (χ3n) is 3.67. The zero-order valence-corrected chi connectivity index (χ0v) is 14.0. The number of fused-ring (bicyclic) bond motifs is 1. The lowest BCUT2D eigenvalue weighted by atomic mass is 10.2. The van der Waals surface area contributed by atoms with E-state index in [0.29, 0.717) is 32.7 Å². The second-order valence-corrected chi connectivity index (χ2v) is 5.39. The minimum atomic E-state index is -0.250. The molecule has 2 aromatic heterocycles.